The fraction of sp³-hybridized carbons (Fsp3) is 0.591. The maximum Gasteiger partial charge on any atom is 0.410 e. The van der Waals surface area contributed by atoms with Gasteiger partial charge in [0.2, 0.25) is 0 Å². The topological polar surface area (TPSA) is 43.7 Å². The number of aryl methyl sites for hydroxylation is 1. The second kappa shape index (κ2) is 8.75. The summed E-state index contributed by atoms with van der Waals surface area (Å²) < 4.78 is 13.2. The number of nitrogens with zero attached hydrogens (tertiary/aromatic N) is 2. The van der Waals surface area contributed by atoms with Gasteiger partial charge in [0.15, 0.2) is 0 Å². The molecule has 2 heterocycles. The van der Waals surface area contributed by atoms with E-state index in [1.807, 2.05) is 37.8 Å². The van der Waals surface area contributed by atoms with Crippen LogP contribution in [0.3, 0.4) is 0 Å². The van der Waals surface area contributed by atoms with Gasteiger partial charge in [0.25, 0.3) is 0 Å². The molecule has 0 spiro atoms. The third-order valence-electron chi connectivity index (χ3n) is 5.12. The number of ether oxygens (including phenoxy) is 2. The fourth-order valence-electron chi connectivity index (χ4n) is 3.91. The summed E-state index contributed by atoms with van der Waals surface area (Å²) in [5.41, 5.74) is 1.94. The summed E-state index contributed by atoms with van der Waals surface area (Å²) in [5.74, 6) is 0.287. The molecule has 0 saturated carbocycles. The van der Waals surface area contributed by atoms with E-state index in [-0.39, 0.29) is 12.0 Å². The number of fused-ring (bicyclic) bond motifs is 1. The van der Waals surface area contributed by atoms with Crippen molar-refractivity contribution >= 4 is 28.6 Å². The zero-order valence-electron chi connectivity index (χ0n) is 17.3. The van der Waals surface area contributed by atoms with Gasteiger partial charge in [-0.15, -0.1) is 0 Å². The molecule has 1 unspecified atom stereocenters. The molecule has 1 aromatic carbocycles. The van der Waals surface area contributed by atoms with E-state index in [4.69, 9.17) is 21.1 Å². The minimum atomic E-state index is -0.476. The molecular formula is C22H31ClN2O3. The van der Waals surface area contributed by atoms with Gasteiger partial charge in [0.1, 0.15) is 5.60 Å². The molecule has 1 aromatic heterocycles. The maximum absolute atomic E-state index is 12.6. The summed E-state index contributed by atoms with van der Waals surface area (Å²) in [4.78, 5) is 14.4. The van der Waals surface area contributed by atoms with Crippen LogP contribution in [0.1, 0.15) is 51.6 Å². The van der Waals surface area contributed by atoms with Gasteiger partial charge in [-0.05, 0) is 63.6 Å². The van der Waals surface area contributed by atoms with Gasteiger partial charge in [-0.25, -0.2) is 4.79 Å². The van der Waals surface area contributed by atoms with E-state index >= 15 is 0 Å². The number of rotatable bonds is 5. The van der Waals surface area contributed by atoms with Crippen molar-refractivity contribution in [2.45, 2.75) is 58.1 Å². The largest absolute Gasteiger partial charge is 0.444 e. The summed E-state index contributed by atoms with van der Waals surface area (Å²) in [6, 6.07) is 8.28. The van der Waals surface area contributed by atoms with Crippen LogP contribution in [0.15, 0.2) is 24.3 Å². The second-order valence-electron chi connectivity index (χ2n) is 8.54. The second-order valence-corrected chi connectivity index (χ2v) is 8.97. The number of benzene rings is 1. The first-order chi connectivity index (χ1) is 13.3. The quantitative estimate of drug-likeness (QED) is 0.620. The summed E-state index contributed by atoms with van der Waals surface area (Å²) in [6.07, 6.45) is 2.75. The van der Waals surface area contributed by atoms with Gasteiger partial charge >= 0.3 is 6.09 Å². The van der Waals surface area contributed by atoms with E-state index in [1.54, 1.807) is 7.11 Å². The lowest BCUT2D eigenvalue weighted by atomic mass is 9.94. The van der Waals surface area contributed by atoms with Crippen LogP contribution >= 0.6 is 11.6 Å². The van der Waals surface area contributed by atoms with Crippen LogP contribution in [0.4, 0.5) is 4.79 Å². The number of likely N-dealkylation sites (tertiary alicyclic amines) is 1. The highest BCUT2D eigenvalue weighted by Gasteiger charge is 2.30. The Morgan fingerprint density at radius 3 is 2.79 bits per heavy atom. The van der Waals surface area contributed by atoms with Crippen molar-refractivity contribution in [1.29, 1.82) is 0 Å². The van der Waals surface area contributed by atoms with Crippen LogP contribution in [-0.2, 0) is 16.0 Å². The van der Waals surface area contributed by atoms with Crippen molar-refractivity contribution in [2.24, 2.45) is 0 Å². The summed E-state index contributed by atoms with van der Waals surface area (Å²) >= 11 is 6.27. The van der Waals surface area contributed by atoms with E-state index in [2.05, 4.69) is 16.7 Å². The van der Waals surface area contributed by atoms with Crippen molar-refractivity contribution in [2.75, 3.05) is 26.8 Å². The van der Waals surface area contributed by atoms with Crippen LogP contribution < -0.4 is 0 Å². The first kappa shape index (κ1) is 21.0. The Labute approximate surface area is 172 Å². The molecule has 1 aliphatic heterocycles. The van der Waals surface area contributed by atoms with Gasteiger partial charge in [-0.3, -0.25) is 0 Å². The van der Waals surface area contributed by atoms with Crippen LogP contribution in [0.5, 0.6) is 0 Å². The van der Waals surface area contributed by atoms with Crippen LogP contribution in [0.25, 0.3) is 10.9 Å². The van der Waals surface area contributed by atoms with Gasteiger partial charge < -0.3 is 18.9 Å². The van der Waals surface area contributed by atoms with Gasteiger partial charge in [-0.1, -0.05) is 17.7 Å². The lowest BCUT2D eigenvalue weighted by Gasteiger charge is -2.34. The monoisotopic (exact) mass is 406 g/mol. The first-order valence-corrected chi connectivity index (χ1v) is 10.4. The van der Waals surface area contributed by atoms with E-state index in [9.17, 15) is 4.79 Å². The van der Waals surface area contributed by atoms with E-state index < -0.39 is 5.60 Å². The highest BCUT2D eigenvalue weighted by Crippen LogP contribution is 2.33. The van der Waals surface area contributed by atoms with E-state index in [1.165, 1.54) is 11.1 Å². The molecule has 2 aromatic rings. The molecule has 5 nitrogen and oxygen atoms in total. The average molecular weight is 407 g/mol. The summed E-state index contributed by atoms with van der Waals surface area (Å²) in [5, 5.41) is 1.93. The number of piperidine rings is 1. The molecule has 1 amide bonds. The number of carbonyl (C=O) groups excluding carboxylic acids is 1. The molecule has 1 aliphatic rings. The molecule has 6 heteroatoms. The number of methoxy groups -OCH3 is 1. The average Bonchev–Trinajstić information content (AvgIpc) is 2.99. The molecule has 1 atom stereocenters. The lowest BCUT2D eigenvalue weighted by Crippen LogP contribution is -2.42. The minimum absolute atomic E-state index is 0.220. The number of hydrogen-bond donors (Lipinski definition) is 0. The highest BCUT2D eigenvalue weighted by atomic mass is 35.5. The number of amides is 1. The van der Waals surface area contributed by atoms with Crippen molar-refractivity contribution in [3.8, 4) is 0 Å². The maximum atomic E-state index is 12.6. The zero-order chi connectivity index (χ0) is 20.3. The molecule has 154 valence electrons. The Hall–Kier alpha value is -1.72. The Kier molecular flexibility index (Phi) is 6.56. The zero-order valence-corrected chi connectivity index (χ0v) is 18.1. The number of carbonyl (C=O) groups is 1. The standard InChI is InChI=1S/C22H31ClN2O3/c1-22(2,3)28-21(26)24-10-5-7-17(15-24)19-13-16-8-9-18(23)14-20(16)25(19)11-6-12-27-4/h8-9,13-14,17H,5-7,10-12,15H2,1-4H3. The number of aromatic nitrogens is 1. The molecule has 0 radical (unpaired) electrons. The molecule has 0 N–H and O–H groups in total. The van der Waals surface area contributed by atoms with E-state index in [0.717, 1.165) is 42.9 Å². The first-order valence-electron chi connectivity index (χ1n) is 10.0. The molecule has 3 rings (SSSR count). The van der Waals surface area contributed by atoms with Crippen molar-refractivity contribution in [3.63, 3.8) is 0 Å². The van der Waals surface area contributed by atoms with Crippen LogP contribution in [-0.4, -0.2) is 48.0 Å². The third-order valence-corrected chi connectivity index (χ3v) is 5.35. The van der Waals surface area contributed by atoms with Crippen LogP contribution in [0, 0.1) is 0 Å². The molecule has 0 bridgehead atoms. The summed E-state index contributed by atoms with van der Waals surface area (Å²) in [6.45, 7) is 8.74. The Morgan fingerprint density at radius 1 is 1.29 bits per heavy atom. The predicted molar refractivity (Wildman–Crippen MR) is 113 cm³/mol. The molecule has 1 saturated heterocycles. The van der Waals surface area contributed by atoms with Gasteiger partial charge in [0.05, 0.1) is 0 Å². The van der Waals surface area contributed by atoms with E-state index in [0.29, 0.717) is 13.2 Å². The smallest absolute Gasteiger partial charge is 0.410 e. The third kappa shape index (κ3) is 5.00. The molecular weight excluding hydrogens is 376 g/mol. The lowest BCUT2D eigenvalue weighted by molar-refractivity contribution is 0.0196. The number of hydrogen-bond acceptors (Lipinski definition) is 3. The van der Waals surface area contributed by atoms with Crippen LogP contribution in [0.2, 0.25) is 5.02 Å². The normalized spacial score (nSPS) is 17.9. The Bertz CT molecular complexity index is 825. The minimum Gasteiger partial charge on any atom is -0.444 e. The fourth-order valence-corrected chi connectivity index (χ4v) is 4.08. The Morgan fingerprint density at radius 2 is 2.07 bits per heavy atom. The van der Waals surface area contributed by atoms with Gasteiger partial charge in [-0.2, -0.15) is 0 Å². The molecule has 28 heavy (non-hydrogen) atoms. The number of halogens is 1. The highest BCUT2D eigenvalue weighted by molar-refractivity contribution is 6.31. The van der Waals surface area contributed by atoms with Crippen molar-refractivity contribution in [1.82, 2.24) is 9.47 Å². The van der Waals surface area contributed by atoms with Crippen molar-refractivity contribution < 1.29 is 14.3 Å². The van der Waals surface area contributed by atoms with Gasteiger partial charge in [0, 0.05) is 55.5 Å². The Balaban J connectivity index is 1.86. The predicted octanol–water partition coefficient (Wildman–Crippen LogP) is 5.45. The molecule has 1 fully saturated rings. The molecule has 0 aliphatic carbocycles. The van der Waals surface area contributed by atoms with Crippen molar-refractivity contribution in [3.05, 3.63) is 35.0 Å². The SMILES string of the molecule is COCCCn1c(C2CCCN(C(=O)OC(C)(C)C)C2)cc2ccc(Cl)cc21. The summed E-state index contributed by atoms with van der Waals surface area (Å²) in [7, 11) is 1.73.